The minimum absolute atomic E-state index is 0.0203. The number of piperidine rings is 1. The van der Waals surface area contributed by atoms with Crippen LogP contribution in [0.3, 0.4) is 0 Å². The molecule has 0 aromatic carbocycles. The van der Waals surface area contributed by atoms with Gasteiger partial charge in [-0.1, -0.05) is 77.9 Å². The number of hydrogen-bond acceptors (Lipinski definition) is 3. The molecule has 2 N–H and O–H groups in total. The average Bonchev–Trinajstić information content (AvgIpc) is 3.26. The van der Waals surface area contributed by atoms with Crippen LogP contribution in [0.1, 0.15) is 31.9 Å². The number of likely N-dealkylation sites (tertiary alicyclic amines) is 1. The second kappa shape index (κ2) is 9.64. The molecule has 1 saturated heterocycles. The molecule has 3 aliphatic rings. The Kier molecular flexibility index (Phi) is 7.47. The third kappa shape index (κ3) is 5.35. The number of nitrogens with one attached hydrogen (secondary N) is 2. The van der Waals surface area contributed by atoms with Gasteiger partial charge in [-0.25, -0.2) is 0 Å². The quantitative estimate of drug-likeness (QED) is 0.308. The fraction of sp³-hybridized carbons (Fsp3) is 0.591. The van der Waals surface area contributed by atoms with Gasteiger partial charge in [0.1, 0.15) is 10.7 Å². The van der Waals surface area contributed by atoms with Gasteiger partial charge in [0.25, 0.3) is 5.56 Å². The Morgan fingerprint density at radius 1 is 1.21 bits per heavy atom. The summed E-state index contributed by atoms with van der Waals surface area (Å²) in [4.78, 5) is 27.3. The number of alkyl halides is 3. The van der Waals surface area contributed by atoms with Crippen LogP contribution in [0.4, 0.5) is 0 Å². The van der Waals surface area contributed by atoms with Crippen LogP contribution in [0.2, 0.25) is 0 Å². The van der Waals surface area contributed by atoms with Crippen molar-refractivity contribution < 1.29 is 4.79 Å². The van der Waals surface area contributed by atoms with E-state index in [4.69, 9.17) is 70.2 Å². The Hall–Kier alpha value is -0.700. The van der Waals surface area contributed by atoms with Gasteiger partial charge < -0.3 is 20.1 Å². The Labute approximate surface area is 228 Å². The predicted molar refractivity (Wildman–Crippen MR) is 142 cm³/mol. The van der Waals surface area contributed by atoms with Gasteiger partial charge in [0, 0.05) is 37.3 Å². The standard InChI is InChI=1S/C22H25Cl5N4O2S/c1-21(2)13(7-15(23)24)17(21)18(33)28-19(22(25,26)27)29-20(34)30-8-11-6-12(10-30)14-4-3-5-16(32)31(14)9-11/h3-5,7,11-13,17,19H,6,8-10H2,1-2H3,(H,28,33)(H,29,34)/t11-,12+,13+,17-,19+/m0/s1. The van der Waals surface area contributed by atoms with Crippen molar-refractivity contribution in [1.82, 2.24) is 20.1 Å². The highest BCUT2D eigenvalue weighted by atomic mass is 35.6. The first-order valence-electron chi connectivity index (χ1n) is 10.9. The smallest absolute Gasteiger partial charge is 0.250 e. The molecule has 0 spiro atoms. The maximum atomic E-state index is 13.0. The number of allylic oxidation sites excluding steroid dienone is 1. The van der Waals surface area contributed by atoms with E-state index in [9.17, 15) is 9.59 Å². The summed E-state index contributed by atoms with van der Waals surface area (Å²) >= 11 is 35.9. The monoisotopic (exact) mass is 584 g/mol. The molecule has 34 heavy (non-hydrogen) atoms. The number of halogens is 5. The van der Waals surface area contributed by atoms with Gasteiger partial charge in [-0.2, -0.15) is 0 Å². The topological polar surface area (TPSA) is 66.4 Å². The molecule has 12 heteroatoms. The number of fused-ring (bicyclic) bond motifs is 4. The lowest BCUT2D eigenvalue weighted by Crippen LogP contribution is -2.60. The van der Waals surface area contributed by atoms with E-state index in [1.54, 1.807) is 18.2 Å². The van der Waals surface area contributed by atoms with Crippen LogP contribution in [0.15, 0.2) is 33.6 Å². The molecule has 4 rings (SSSR count). The maximum absolute atomic E-state index is 13.0. The second-order valence-electron chi connectivity index (χ2n) is 9.82. The normalized spacial score (nSPS) is 27.8. The van der Waals surface area contributed by atoms with E-state index in [0.29, 0.717) is 24.7 Å². The fourth-order valence-electron chi connectivity index (χ4n) is 5.33. The predicted octanol–water partition coefficient (Wildman–Crippen LogP) is 4.55. The molecule has 1 aromatic heterocycles. The molecule has 3 heterocycles. The van der Waals surface area contributed by atoms with Crippen molar-refractivity contribution in [2.45, 2.75) is 42.7 Å². The molecule has 2 fully saturated rings. The number of nitrogens with zero attached hydrogens (tertiary/aromatic N) is 2. The highest BCUT2D eigenvalue weighted by Crippen LogP contribution is 2.59. The summed E-state index contributed by atoms with van der Waals surface area (Å²) in [5, 5.41) is 6.22. The summed E-state index contributed by atoms with van der Waals surface area (Å²) in [5.74, 6) is -0.329. The third-order valence-electron chi connectivity index (χ3n) is 7.15. The van der Waals surface area contributed by atoms with Crippen LogP contribution >= 0.6 is 70.2 Å². The van der Waals surface area contributed by atoms with Gasteiger partial charge in [-0.3, -0.25) is 9.59 Å². The average molecular weight is 587 g/mol. The number of aromatic nitrogens is 1. The largest absolute Gasteiger partial charge is 0.348 e. The minimum Gasteiger partial charge on any atom is -0.348 e. The Morgan fingerprint density at radius 3 is 2.56 bits per heavy atom. The number of hydrogen-bond donors (Lipinski definition) is 2. The Bertz CT molecular complexity index is 1080. The molecule has 5 atom stereocenters. The Balaban J connectivity index is 1.45. The van der Waals surface area contributed by atoms with E-state index in [2.05, 4.69) is 10.6 Å². The lowest BCUT2D eigenvalue weighted by molar-refractivity contribution is -0.123. The zero-order valence-electron chi connectivity index (χ0n) is 18.5. The summed E-state index contributed by atoms with van der Waals surface area (Å²) in [7, 11) is 0. The molecule has 1 amide bonds. The van der Waals surface area contributed by atoms with E-state index in [0.717, 1.165) is 12.1 Å². The van der Waals surface area contributed by atoms with E-state index in [-0.39, 0.29) is 45.0 Å². The molecule has 6 nitrogen and oxygen atoms in total. The van der Waals surface area contributed by atoms with E-state index >= 15 is 0 Å². The molecule has 0 radical (unpaired) electrons. The summed E-state index contributed by atoms with van der Waals surface area (Å²) in [6, 6.07) is 5.37. The van der Waals surface area contributed by atoms with Crippen LogP contribution < -0.4 is 16.2 Å². The summed E-state index contributed by atoms with van der Waals surface area (Å²) in [6.45, 7) is 5.84. The van der Waals surface area contributed by atoms with Gasteiger partial charge in [0.15, 0.2) is 5.11 Å². The van der Waals surface area contributed by atoms with Crippen molar-refractivity contribution in [2.75, 3.05) is 13.1 Å². The number of carbonyl (C=O) groups excluding carboxylic acids is 1. The van der Waals surface area contributed by atoms with Crippen molar-refractivity contribution >= 4 is 81.2 Å². The molecule has 0 unspecified atom stereocenters. The molecule has 1 aliphatic carbocycles. The van der Waals surface area contributed by atoms with E-state index < -0.39 is 9.96 Å². The van der Waals surface area contributed by atoms with Crippen molar-refractivity contribution in [3.63, 3.8) is 0 Å². The highest BCUT2D eigenvalue weighted by molar-refractivity contribution is 7.80. The van der Waals surface area contributed by atoms with Crippen molar-refractivity contribution in [3.8, 4) is 0 Å². The van der Waals surface area contributed by atoms with Crippen LogP contribution in [0.25, 0.3) is 0 Å². The number of rotatable bonds is 4. The van der Waals surface area contributed by atoms with E-state index in [1.165, 1.54) is 0 Å². The molecule has 2 aliphatic heterocycles. The number of amides is 1. The second-order valence-corrected chi connectivity index (χ2v) is 13.6. The van der Waals surface area contributed by atoms with Crippen molar-refractivity contribution in [1.29, 1.82) is 0 Å². The lowest BCUT2D eigenvalue weighted by Gasteiger charge is -2.44. The SMILES string of the molecule is CC1(C)[C@H](C=C(Cl)Cl)[C@H]1C(=O)N[C@H](NC(=S)N1C[C@@H]2C[C@H](C1)c1cccc(=O)n1C2)C(Cl)(Cl)Cl. The number of thiocarbonyl (C=S) groups is 1. The Morgan fingerprint density at radius 2 is 1.91 bits per heavy atom. The zero-order chi connectivity index (χ0) is 25.0. The summed E-state index contributed by atoms with van der Waals surface area (Å²) < 4.78 is 0.122. The van der Waals surface area contributed by atoms with Crippen LogP contribution in [-0.2, 0) is 11.3 Å². The molecular formula is C22H25Cl5N4O2S. The van der Waals surface area contributed by atoms with Gasteiger partial charge >= 0.3 is 0 Å². The summed E-state index contributed by atoms with van der Waals surface area (Å²) in [6.07, 6.45) is 1.61. The lowest BCUT2D eigenvalue weighted by atomic mass is 9.83. The van der Waals surface area contributed by atoms with Gasteiger partial charge in [0.2, 0.25) is 9.70 Å². The fourth-order valence-corrected chi connectivity index (χ4v) is 6.20. The first-order chi connectivity index (χ1) is 15.8. The van der Waals surface area contributed by atoms with Gasteiger partial charge in [-0.05, 0) is 48.0 Å². The number of pyridine rings is 1. The van der Waals surface area contributed by atoms with Gasteiger partial charge in [-0.15, -0.1) is 0 Å². The zero-order valence-corrected chi connectivity index (χ0v) is 23.1. The minimum atomic E-state index is -1.85. The maximum Gasteiger partial charge on any atom is 0.250 e. The van der Waals surface area contributed by atoms with Crippen molar-refractivity contribution in [3.05, 3.63) is 44.8 Å². The van der Waals surface area contributed by atoms with Crippen LogP contribution in [-0.4, -0.2) is 43.5 Å². The third-order valence-corrected chi connectivity index (χ3v) is 8.43. The molecule has 1 aromatic rings. The highest BCUT2D eigenvalue weighted by Gasteiger charge is 2.61. The molecule has 1 saturated carbocycles. The van der Waals surface area contributed by atoms with Crippen LogP contribution in [0, 0.1) is 23.2 Å². The first-order valence-corrected chi connectivity index (χ1v) is 13.2. The van der Waals surface area contributed by atoms with Crippen LogP contribution in [0.5, 0.6) is 0 Å². The van der Waals surface area contributed by atoms with Gasteiger partial charge in [0.05, 0.1) is 5.92 Å². The van der Waals surface area contributed by atoms with Crippen molar-refractivity contribution in [2.24, 2.45) is 23.2 Å². The molecule has 186 valence electrons. The first kappa shape index (κ1) is 26.4. The van der Waals surface area contributed by atoms with E-state index in [1.807, 2.05) is 29.4 Å². The molecular weight excluding hydrogens is 562 g/mol. The molecule has 2 bridgehead atoms. The summed E-state index contributed by atoms with van der Waals surface area (Å²) in [5.41, 5.74) is 0.704. The number of carbonyl (C=O) groups is 1.